The van der Waals surface area contributed by atoms with E-state index in [2.05, 4.69) is 11.2 Å². The monoisotopic (exact) mass is 281 g/mol. The summed E-state index contributed by atoms with van der Waals surface area (Å²) in [6.07, 6.45) is 6.59. The maximum absolute atomic E-state index is 12.1. The molecule has 2 amide bonds. The molecule has 0 bridgehead atoms. The normalized spacial score (nSPS) is 18.9. The molecule has 1 rings (SSSR count). The molecule has 0 aromatic rings. The maximum Gasteiger partial charge on any atom is 0.320 e. The number of terminal acetylenes is 1. The van der Waals surface area contributed by atoms with Gasteiger partial charge in [0.25, 0.3) is 0 Å². The van der Waals surface area contributed by atoms with E-state index in [0.717, 1.165) is 6.42 Å². The Morgan fingerprint density at radius 2 is 1.95 bits per heavy atom. The molecule has 6 nitrogen and oxygen atoms in total. The van der Waals surface area contributed by atoms with Gasteiger partial charge in [-0.2, -0.15) is 0 Å². The molecule has 0 radical (unpaired) electrons. The van der Waals surface area contributed by atoms with Crippen molar-refractivity contribution >= 4 is 12.0 Å². The first kappa shape index (κ1) is 16.3. The van der Waals surface area contributed by atoms with E-state index in [4.69, 9.17) is 11.5 Å². The molecule has 1 fully saturated rings. The van der Waals surface area contributed by atoms with Gasteiger partial charge in [-0.25, -0.2) is 4.79 Å². The average Bonchev–Trinajstić information content (AvgIpc) is 2.45. The quantitative estimate of drug-likeness (QED) is 0.723. The van der Waals surface area contributed by atoms with E-state index in [1.807, 2.05) is 11.8 Å². The van der Waals surface area contributed by atoms with Gasteiger partial charge < -0.3 is 15.3 Å². The number of amides is 2. The van der Waals surface area contributed by atoms with E-state index in [1.54, 1.807) is 11.8 Å². The molecule has 0 spiro atoms. The minimum absolute atomic E-state index is 0.00322. The lowest BCUT2D eigenvalue weighted by atomic mass is 10.1. The molecule has 1 heterocycles. The van der Waals surface area contributed by atoms with Gasteiger partial charge in [-0.15, -0.1) is 12.3 Å². The summed E-state index contributed by atoms with van der Waals surface area (Å²) in [4.78, 5) is 26.6. The second-order valence-corrected chi connectivity index (χ2v) is 5.00. The minimum Gasteiger partial charge on any atom is -0.480 e. The lowest BCUT2D eigenvalue weighted by molar-refractivity contribution is -0.143. The van der Waals surface area contributed by atoms with Gasteiger partial charge >= 0.3 is 12.0 Å². The van der Waals surface area contributed by atoms with Crippen LogP contribution in [0.25, 0.3) is 0 Å². The topological polar surface area (TPSA) is 72.9 Å². The third-order valence-electron chi connectivity index (χ3n) is 3.69. The molecule has 0 aliphatic carbocycles. The molecule has 0 aromatic carbocycles. The molecule has 0 aromatic heterocycles. The van der Waals surface area contributed by atoms with E-state index in [1.165, 1.54) is 0 Å². The number of nitrogens with one attached hydrogen (secondary N) is 1. The van der Waals surface area contributed by atoms with Crippen LogP contribution in [-0.4, -0.2) is 65.2 Å². The van der Waals surface area contributed by atoms with Gasteiger partial charge in [0.1, 0.15) is 6.04 Å². The zero-order valence-electron chi connectivity index (χ0n) is 12.1. The highest BCUT2D eigenvalue weighted by molar-refractivity contribution is 5.75. The fraction of sp³-hybridized carbons (Fsp3) is 0.714. The zero-order chi connectivity index (χ0) is 15.1. The number of carbonyl (C=O) groups excluding carboxylic acids is 1. The number of carboxylic acid groups (broad SMARTS) is 1. The number of hydrogen-bond acceptors (Lipinski definition) is 3. The van der Waals surface area contributed by atoms with Crippen molar-refractivity contribution in [3.63, 3.8) is 0 Å². The van der Waals surface area contributed by atoms with Crippen LogP contribution in [0.2, 0.25) is 0 Å². The molecule has 2 unspecified atom stereocenters. The Balaban J connectivity index is 2.43. The van der Waals surface area contributed by atoms with Gasteiger partial charge in [-0.1, -0.05) is 6.92 Å². The zero-order valence-corrected chi connectivity index (χ0v) is 12.1. The molecule has 20 heavy (non-hydrogen) atoms. The van der Waals surface area contributed by atoms with Crippen LogP contribution in [0.15, 0.2) is 0 Å². The number of hydrogen-bond donors (Lipinski definition) is 2. The second-order valence-electron chi connectivity index (χ2n) is 5.00. The number of carbonyl (C=O) groups is 2. The van der Waals surface area contributed by atoms with Gasteiger partial charge in [0, 0.05) is 38.6 Å². The molecule has 1 saturated heterocycles. The molecule has 1 aliphatic rings. The van der Waals surface area contributed by atoms with Crippen LogP contribution in [-0.2, 0) is 4.79 Å². The van der Waals surface area contributed by atoms with E-state index in [0.29, 0.717) is 32.6 Å². The van der Waals surface area contributed by atoms with Gasteiger partial charge in [0.15, 0.2) is 0 Å². The summed E-state index contributed by atoms with van der Waals surface area (Å²) in [5.41, 5.74) is 0. The Hall–Kier alpha value is -1.74. The summed E-state index contributed by atoms with van der Waals surface area (Å²) < 4.78 is 0. The van der Waals surface area contributed by atoms with Crippen molar-refractivity contribution in [2.75, 3.05) is 26.2 Å². The van der Waals surface area contributed by atoms with Crippen LogP contribution in [0.3, 0.4) is 0 Å². The summed E-state index contributed by atoms with van der Waals surface area (Å²) in [5.74, 6) is 1.72. The number of rotatable bonds is 5. The van der Waals surface area contributed by atoms with E-state index >= 15 is 0 Å². The summed E-state index contributed by atoms with van der Waals surface area (Å²) in [7, 11) is 0. The van der Waals surface area contributed by atoms with Crippen molar-refractivity contribution in [2.45, 2.75) is 38.8 Å². The Bertz CT molecular complexity index is 384. The van der Waals surface area contributed by atoms with Crippen molar-refractivity contribution in [3.05, 3.63) is 0 Å². The first-order valence-electron chi connectivity index (χ1n) is 6.95. The first-order valence-corrected chi connectivity index (χ1v) is 6.95. The highest BCUT2D eigenvalue weighted by Gasteiger charge is 2.27. The number of nitrogens with zero attached hydrogens (tertiary/aromatic N) is 2. The van der Waals surface area contributed by atoms with Gasteiger partial charge in [0.05, 0.1) is 0 Å². The van der Waals surface area contributed by atoms with E-state index < -0.39 is 12.0 Å². The summed E-state index contributed by atoms with van der Waals surface area (Å²) in [5, 5.41) is 11.9. The minimum atomic E-state index is -0.831. The Morgan fingerprint density at radius 1 is 1.35 bits per heavy atom. The van der Waals surface area contributed by atoms with Crippen LogP contribution in [0.5, 0.6) is 0 Å². The molecule has 1 aliphatic heterocycles. The SMILES string of the molecule is C#CCC(CC)NC(=O)N1CCN(C(C)C(=O)O)CC1. The maximum atomic E-state index is 12.1. The highest BCUT2D eigenvalue weighted by atomic mass is 16.4. The number of urea groups is 1. The van der Waals surface area contributed by atoms with Crippen molar-refractivity contribution in [1.82, 2.24) is 15.1 Å². The molecule has 112 valence electrons. The summed E-state index contributed by atoms with van der Waals surface area (Å²) >= 11 is 0. The molecule has 2 atom stereocenters. The fourth-order valence-electron chi connectivity index (χ4n) is 2.17. The van der Waals surface area contributed by atoms with Crippen molar-refractivity contribution < 1.29 is 14.7 Å². The largest absolute Gasteiger partial charge is 0.480 e. The molecule has 2 N–H and O–H groups in total. The highest BCUT2D eigenvalue weighted by Crippen LogP contribution is 2.07. The molecular formula is C14H23N3O3. The van der Waals surface area contributed by atoms with E-state index in [9.17, 15) is 9.59 Å². The second kappa shape index (κ2) is 7.75. The van der Waals surface area contributed by atoms with Crippen LogP contribution in [0, 0.1) is 12.3 Å². The van der Waals surface area contributed by atoms with Crippen LogP contribution in [0.1, 0.15) is 26.7 Å². The Kier molecular flexibility index (Phi) is 6.32. The summed E-state index contributed by atoms with van der Waals surface area (Å²) in [6.45, 7) is 5.87. The summed E-state index contributed by atoms with van der Waals surface area (Å²) in [6, 6.07) is -0.622. The lowest BCUT2D eigenvalue weighted by Crippen LogP contribution is -2.56. The van der Waals surface area contributed by atoms with Crippen LogP contribution < -0.4 is 5.32 Å². The number of piperazine rings is 1. The van der Waals surface area contributed by atoms with Crippen LogP contribution in [0.4, 0.5) is 4.79 Å². The van der Waals surface area contributed by atoms with Gasteiger partial charge in [-0.05, 0) is 13.3 Å². The fourth-order valence-corrected chi connectivity index (χ4v) is 2.17. The lowest BCUT2D eigenvalue weighted by Gasteiger charge is -2.37. The standard InChI is InChI=1S/C14H23N3O3/c1-4-6-12(5-2)15-14(20)17-9-7-16(8-10-17)11(3)13(18)19/h1,11-12H,5-10H2,2-3H3,(H,15,20)(H,18,19). The van der Waals surface area contributed by atoms with Crippen molar-refractivity contribution in [1.29, 1.82) is 0 Å². The predicted molar refractivity (Wildman–Crippen MR) is 76.3 cm³/mol. The van der Waals surface area contributed by atoms with Crippen molar-refractivity contribution in [3.8, 4) is 12.3 Å². The van der Waals surface area contributed by atoms with E-state index in [-0.39, 0.29) is 12.1 Å². The smallest absolute Gasteiger partial charge is 0.320 e. The van der Waals surface area contributed by atoms with Gasteiger partial charge in [-0.3, -0.25) is 9.69 Å². The van der Waals surface area contributed by atoms with Crippen molar-refractivity contribution in [2.24, 2.45) is 0 Å². The molecule has 6 heteroatoms. The number of aliphatic carboxylic acids is 1. The Labute approximate surface area is 120 Å². The number of carboxylic acids is 1. The van der Waals surface area contributed by atoms with Crippen LogP contribution >= 0.6 is 0 Å². The Morgan fingerprint density at radius 3 is 2.40 bits per heavy atom. The van der Waals surface area contributed by atoms with Gasteiger partial charge in [0.2, 0.25) is 0 Å². The average molecular weight is 281 g/mol. The third kappa shape index (κ3) is 4.42. The molecular weight excluding hydrogens is 258 g/mol. The first-order chi connectivity index (χ1) is 9.49. The molecule has 0 saturated carbocycles. The predicted octanol–water partition coefficient (Wildman–Crippen LogP) is 0.589. The third-order valence-corrected chi connectivity index (χ3v) is 3.69.